The predicted octanol–water partition coefficient (Wildman–Crippen LogP) is 3.31. The second-order valence-electron chi connectivity index (χ2n) is 5.63. The molecule has 0 fully saturated rings. The van der Waals surface area contributed by atoms with E-state index in [1.54, 1.807) is 13.2 Å². The monoisotopic (exact) mass is 509 g/mol. The number of aromatic nitrogens is 3. The molecular weight excluding hydrogens is 498 g/mol. The molecule has 27 heavy (non-hydrogen) atoms. The van der Waals surface area contributed by atoms with E-state index in [2.05, 4.69) is 15.4 Å². The standard InChI is InChI=1S/C15H11F3IN5O2S/c1-5-3-7(15(16,17)18)21-14-8(5)10(11(27-14)12(20)25)22-13(26)9-6(19)4-24(2)23-9/h3-4H,1-2H3,(H2,20,25)(H,22,26). The fraction of sp³-hybridized carbons (Fsp3) is 0.200. The third kappa shape index (κ3) is 3.63. The Morgan fingerprint density at radius 2 is 2.04 bits per heavy atom. The smallest absolute Gasteiger partial charge is 0.365 e. The van der Waals surface area contributed by atoms with Gasteiger partial charge in [0.1, 0.15) is 15.4 Å². The molecule has 0 radical (unpaired) electrons. The van der Waals surface area contributed by atoms with E-state index in [4.69, 9.17) is 5.73 Å². The summed E-state index contributed by atoms with van der Waals surface area (Å²) >= 11 is 2.62. The number of primary amides is 1. The van der Waals surface area contributed by atoms with E-state index in [9.17, 15) is 22.8 Å². The normalized spacial score (nSPS) is 11.8. The highest BCUT2D eigenvalue weighted by Gasteiger charge is 2.34. The average Bonchev–Trinajstić information content (AvgIpc) is 3.06. The van der Waals surface area contributed by atoms with Gasteiger partial charge in [0.25, 0.3) is 11.8 Å². The lowest BCUT2D eigenvalue weighted by Gasteiger charge is -2.09. The Kier molecular flexibility index (Phi) is 4.88. The number of hydrogen-bond donors (Lipinski definition) is 2. The maximum atomic E-state index is 13.0. The first-order chi connectivity index (χ1) is 12.5. The van der Waals surface area contributed by atoms with Crippen molar-refractivity contribution in [1.82, 2.24) is 14.8 Å². The van der Waals surface area contributed by atoms with Crippen LogP contribution in [0.1, 0.15) is 31.4 Å². The maximum Gasteiger partial charge on any atom is 0.433 e. The number of hydrogen-bond acceptors (Lipinski definition) is 5. The van der Waals surface area contributed by atoms with Crippen molar-refractivity contribution in [3.05, 3.63) is 37.7 Å². The number of pyridine rings is 1. The summed E-state index contributed by atoms with van der Waals surface area (Å²) in [6.07, 6.45) is -3.01. The summed E-state index contributed by atoms with van der Waals surface area (Å²) in [5.74, 6) is -1.49. The van der Waals surface area contributed by atoms with Crippen LogP contribution in [0, 0.1) is 10.5 Å². The quantitative estimate of drug-likeness (QED) is 0.529. The molecule has 3 N–H and O–H groups in total. The largest absolute Gasteiger partial charge is 0.433 e. The summed E-state index contributed by atoms with van der Waals surface area (Å²) in [4.78, 5) is 27.8. The number of alkyl halides is 3. The summed E-state index contributed by atoms with van der Waals surface area (Å²) in [6.45, 7) is 1.44. The number of carbonyl (C=O) groups excluding carboxylic acids is 2. The molecule has 3 aromatic heterocycles. The molecule has 0 aliphatic rings. The first-order valence-corrected chi connectivity index (χ1v) is 9.20. The number of carbonyl (C=O) groups is 2. The third-order valence-electron chi connectivity index (χ3n) is 3.61. The van der Waals surface area contributed by atoms with Crippen LogP contribution >= 0.6 is 33.9 Å². The van der Waals surface area contributed by atoms with E-state index in [1.807, 2.05) is 22.6 Å². The number of nitrogens with zero attached hydrogens (tertiary/aromatic N) is 3. The van der Waals surface area contributed by atoms with Gasteiger partial charge in [-0.25, -0.2) is 4.98 Å². The number of aryl methyl sites for hydroxylation is 2. The summed E-state index contributed by atoms with van der Waals surface area (Å²) in [5, 5.41) is 6.82. The highest BCUT2D eigenvalue weighted by atomic mass is 127. The SMILES string of the molecule is Cc1cc(C(F)(F)F)nc2sc(C(N)=O)c(NC(=O)c3nn(C)cc3I)c12. The van der Waals surface area contributed by atoms with Gasteiger partial charge in [0.05, 0.1) is 9.26 Å². The zero-order valence-corrected chi connectivity index (χ0v) is 16.8. The minimum absolute atomic E-state index is 0.0349. The van der Waals surface area contributed by atoms with E-state index in [1.165, 1.54) is 11.6 Å². The lowest BCUT2D eigenvalue weighted by Crippen LogP contribution is -2.18. The zero-order valence-electron chi connectivity index (χ0n) is 13.8. The number of nitrogens with two attached hydrogens (primary N) is 1. The molecule has 142 valence electrons. The van der Waals surface area contributed by atoms with Crippen molar-refractivity contribution in [2.24, 2.45) is 12.8 Å². The van der Waals surface area contributed by atoms with Crippen molar-refractivity contribution in [2.45, 2.75) is 13.1 Å². The van der Waals surface area contributed by atoms with Crippen LogP contribution in [0.15, 0.2) is 12.3 Å². The summed E-state index contributed by atoms with van der Waals surface area (Å²) in [5.41, 5.74) is 4.63. The third-order valence-corrected chi connectivity index (χ3v) is 5.50. The molecule has 7 nitrogen and oxygen atoms in total. The Morgan fingerprint density at radius 3 is 2.56 bits per heavy atom. The van der Waals surface area contributed by atoms with Gasteiger partial charge < -0.3 is 11.1 Å². The number of halogens is 4. The van der Waals surface area contributed by atoms with Crippen molar-refractivity contribution in [2.75, 3.05) is 5.32 Å². The van der Waals surface area contributed by atoms with E-state index in [-0.39, 0.29) is 32.0 Å². The van der Waals surface area contributed by atoms with Gasteiger partial charge in [-0.15, -0.1) is 11.3 Å². The van der Waals surface area contributed by atoms with Gasteiger partial charge in [-0.3, -0.25) is 14.3 Å². The number of rotatable bonds is 3. The molecular formula is C15H11F3IN5O2S. The minimum Gasteiger partial charge on any atom is -0.365 e. The van der Waals surface area contributed by atoms with E-state index >= 15 is 0 Å². The maximum absolute atomic E-state index is 13.0. The van der Waals surface area contributed by atoms with Crippen LogP contribution in [0.3, 0.4) is 0 Å². The van der Waals surface area contributed by atoms with Crippen molar-refractivity contribution in [3.63, 3.8) is 0 Å². The van der Waals surface area contributed by atoms with E-state index in [0.717, 1.165) is 6.07 Å². The second kappa shape index (κ2) is 6.74. The zero-order chi connectivity index (χ0) is 20.1. The number of fused-ring (bicyclic) bond motifs is 1. The first kappa shape index (κ1) is 19.5. The van der Waals surface area contributed by atoms with Gasteiger partial charge in [-0.2, -0.15) is 18.3 Å². The average molecular weight is 509 g/mol. The molecule has 3 aromatic rings. The molecule has 0 spiro atoms. The van der Waals surface area contributed by atoms with E-state index < -0.39 is 23.7 Å². The highest BCUT2D eigenvalue weighted by molar-refractivity contribution is 14.1. The number of anilines is 1. The van der Waals surface area contributed by atoms with Crippen LogP contribution in [0.5, 0.6) is 0 Å². The lowest BCUT2D eigenvalue weighted by atomic mass is 10.1. The Morgan fingerprint density at radius 1 is 1.37 bits per heavy atom. The Hall–Kier alpha value is -2.22. The molecule has 0 atom stereocenters. The number of amides is 2. The van der Waals surface area contributed by atoms with Gasteiger partial charge in [-0.05, 0) is 41.1 Å². The van der Waals surface area contributed by atoms with Crippen molar-refractivity contribution in [1.29, 1.82) is 0 Å². The molecule has 0 bridgehead atoms. The molecule has 3 rings (SSSR count). The summed E-state index contributed by atoms with van der Waals surface area (Å²) < 4.78 is 41.0. The Balaban J connectivity index is 2.16. The van der Waals surface area contributed by atoms with Gasteiger partial charge in [0.2, 0.25) is 0 Å². The predicted molar refractivity (Wildman–Crippen MR) is 102 cm³/mol. The summed E-state index contributed by atoms with van der Waals surface area (Å²) in [6, 6.07) is 0.861. The molecule has 2 amide bonds. The van der Waals surface area contributed by atoms with Crippen LogP contribution in [0.4, 0.5) is 18.9 Å². The summed E-state index contributed by atoms with van der Waals surface area (Å²) in [7, 11) is 1.64. The Labute approximate surface area is 167 Å². The molecule has 3 heterocycles. The van der Waals surface area contributed by atoms with E-state index in [0.29, 0.717) is 14.9 Å². The van der Waals surface area contributed by atoms with Crippen LogP contribution < -0.4 is 11.1 Å². The number of thiophene rings is 1. The molecule has 12 heteroatoms. The Bertz CT molecular complexity index is 1090. The van der Waals surface area contributed by atoms with Gasteiger partial charge in [0, 0.05) is 18.6 Å². The van der Waals surface area contributed by atoms with Crippen LogP contribution in [0.25, 0.3) is 10.2 Å². The van der Waals surface area contributed by atoms with Crippen LogP contribution in [-0.2, 0) is 13.2 Å². The van der Waals surface area contributed by atoms with Crippen molar-refractivity contribution < 1.29 is 22.8 Å². The van der Waals surface area contributed by atoms with Gasteiger partial charge in [-0.1, -0.05) is 0 Å². The van der Waals surface area contributed by atoms with Crippen molar-refractivity contribution >= 4 is 61.6 Å². The topological polar surface area (TPSA) is 103 Å². The fourth-order valence-corrected chi connectivity index (χ4v) is 4.32. The van der Waals surface area contributed by atoms with Crippen LogP contribution in [0.2, 0.25) is 0 Å². The molecule has 0 aliphatic carbocycles. The fourth-order valence-electron chi connectivity index (χ4n) is 2.51. The van der Waals surface area contributed by atoms with Crippen molar-refractivity contribution in [3.8, 4) is 0 Å². The number of nitrogens with one attached hydrogen (secondary N) is 1. The second-order valence-corrected chi connectivity index (χ2v) is 7.79. The van der Waals surface area contributed by atoms with Gasteiger partial charge >= 0.3 is 6.18 Å². The van der Waals surface area contributed by atoms with Crippen LogP contribution in [-0.4, -0.2) is 26.6 Å². The molecule has 0 unspecified atom stereocenters. The first-order valence-electron chi connectivity index (χ1n) is 7.30. The van der Waals surface area contributed by atoms with Gasteiger partial charge in [0.15, 0.2) is 5.69 Å². The molecule has 0 aromatic carbocycles. The molecule has 0 aliphatic heterocycles. The highest BCUT2D eigenvalue weighted by Crippen LogP contribution is 2.39. The molecule has 0 saturated carbocycles. The minimum atomic E-state index is -4.64. The molecule has 0 saturated heterocycles. The lowest BCUT2D eigenvalue weighted by molar-refractivity contribution is -0.141.